The summed E-state index contributed by atoms with van der Waals surface area (Å²) in [5, 5.41) is 10.8. The quantitative estimate of drug-likeness (QED) is 0.699. The third-order valence-electron chi connectivity index (χ3n) is 4.25. The molecular formula is C20H21N3. The van der Waals surface area contributed by atoms with E-state index in [1.54, 1.807) is 0 Å². The van der Waals surface area contributed by atoms with E-state index < -0.39 is 0 Å². The van der Waals surface area contributed by atoms with Crippen molar-refractivity contribution in [2.24, 2.45) is 0 Å². The Labute approximate surface area is 137 Å². The van der Waals surface area contributed by atoms with Crippen LogP contribution in [-0.2, 0) is 6.54 Å². The largest absolute Gasteiger partial charge is 0.399 e. The number of nitrogen functional groups attached to an aromatic ring is 1. The number of aromatic nitrogens is 1. The number of nitriles is 1. The van der Waals surface area contributed by atoms with E-state index in [1.165, 1.54) is 5.56 Å². The van der Waals surface area contributed by atoms with Crippen molar-refractivity contribution in [3.05, 3.63) is 53.6 Å². The molecule has 3 aromatic rings. The number of benzene rings is 2. The molecule has 3 nitrogen and oxygen atoms in total. The average Bonchev–Trinajstić information content (AvgIpc) is 2.86. The lowest BCUT2D eigenvalue weighted by Crippen LogP contribution is -2.01. The number of nitrogens with two attached hydrogens (primary N) is 1. The van der Waals surface area contributed by atoms with Crippen LogP contribution in [0.1, 0.15) is 30.9 Å². The van der Waals surface area contributed by atoms with Gasteiger partial charge in [0, 0.05) is 17.6 Å². The van der Waals surface area contributed by atoms with Gasteiger partial charge in [-0.1, -0.05) is 37.6 Å². The van der Waals surface area contributed by atoms with Crippen LogP contribution in [0.15, 0.2) is 42.5 Å². The zero-order chi connectivity index (χ0) is 16.4. The van der Waals surface area contributed by atoms with Gasteiger partial charge in [0.25, 0.3) is 0 Å². The number of fused-ring (bicyclic) bond motifs is 1. The van der Waals surface area contributed by atoms with Crippen molar-refractivity contribution in [2.45, 2.75) is 33.2 Å². The van der Waals surface area contributed by atoms with Gasteiger partial charge >= 0.3 is 0 Å². The minimum Gasteiger partial charge on any atom is -0.399 e. The highest BCUT2D eigenvalue weighted by Gasteiger charge is 2.18. The molecule has 1 aromatic heterocycles. The lowest BCUT2D eigenvalue weighted by Gasteiger charge is -2.11. The Bertz CT molecular complexity index is 880. The molecule has 0 aliphatic carbocycles. The monoisotopic (exact) mass is 303 g/mol. The Kier molecular flexibility index (Phi) is 4.08. The van der Waals surface area contributed by atoms with Crippen molar-refractivity contribution in [1.82, 2.24) is 4.57 Å². The number of hydrogen-bond donors (Lipinski definition) is 1. The molecule has 0 spiro atoms. The number of nitrogens with zero attached hydrogens (tertiary/aromatic N) is 2. The predicted octanol–water partition coefficient (Wildman–Crippen LogP) is 4.87. The molecule has 0 radical (unpaired) electrons. The second-order valence-electron chi connectivity index (χ2n) is 5.98. The summed E-state index contributed by atoms with van der Waals surface area (Å²) in [6.45, 7) is 5.19. The Balaban J connectivity index is 2.33. The Hall–Kier alpha value is -2.73. The molecule has 0 saturated carbocycles. The normalized spacial score (nSPS) is 10.8. The SMILES string of the molecule is CCCCn1c(-c2ccc(N)cc2)c(C#N)c2ccc(C)cc21. The van der Waals surface area contributed by atoms with Gasteiger partial charge < -0.3 is 10.3 Å². The summed E-state index contributed by atoms with van der Waals surface area (Å²) in [5.41, 5.74) is 11.7. The van der Waals surface area contributed by atoms with Gasteiger partial charge in [0.2, 0.25) is 0 Å². The van der Waals surface area contributed by atoms with Crippen LogP contribution in [0.5, 0.6) is 0 Å². The zero-order valence-electron chi connectivity index (χ0n) is 13.6. The molecule has 23 heavy (non-hydrogen) atoms. The molecule has 116 valence electrons. The topological polar surface area (TPSA) is 54.7 Å². The van der Waals surface area contributed by atoms with Crippen molar-refractivity contribution in [3.8, 4) is 17.3 Å². The summed E-state index contributed by atoms with van der Waals surface area (Å²) < 4.78 is 2.29. The van der Waals surface area contributed by atoms with E-state index in [1.807, 2.05) is 24.3 Å². The molecule has 2 N–H and O–H groups in total. The summed E-state index contributed by atoms with van der Waals surface area (Å²) in [7, 11) is 0. The van der Waals surface area contributed by atoms with Crippen LogP contribution in [-0.4, -0.2) is 4.57 Å². The van der Waals surface area contributed by atoms with Crippen LogP contribution >= 0.6 is 0 Å². The lowest BCUT2D eigenvalue weighted by atomic mass is 10.1. The van der Waals surface area contributed by atoms with Crippen LogP contribution in [0.3, 0.4) is 0 Å². The first-order chi connectivity index (χ1) is 11.2. The van der Waals surface area contributed by atoms with Crippen molar-refractivity contribution in [1.29, 1.82) is 5.26 Å². The molecule has 0 aliphatic heterocycles. The van der Waals surface area contributed by atoms with Crippen LogP contribution in [0, 0.1) is 18.3 Å². The van der Waals surface area contributed by atoms with Crippen LogP contribution in [0.4, 0.5) is 5.69 Å². The zero-order valence-corrected chi connectivity index (χ0v) is 13.6. The molecule has 3 rings (SSSR count). The van der Waals surface area contributed by atoms with Gasteiger partial charge in [-0.25, -0.2) is 0 Å². The highest BCUT2D eigenvalue weighted by molar-refractivity contribution is 5.95. The predicted molar refractivity (Wildman–Crippen MR) is 96.1 cm³/mol. The van der Waals surface area contributed by atoms with E-state index in [-0.39, 0.29) is 0 Å². The molecule has 1 heterocycles. The molecule has 0 aliphatic rings. The van der Waals surface area contributed by atoms with E-state index >= 15 is 0 Å². The molecular weight excluding hydrogens is 282 g/mol. The van der Waals surface area contributed by atoms with Crippen LogP contribution in [0.2, 0.25) is 0 Å². The molecule has 0 unspecified atom stereocenters. The third-order valence-corrected chi connectivity index (χ3v) is 4.25. The Morgan fingerprint density at radius 2 is 1.87 bits per heavy atom. The molecule has 3 heteroatoms. The van der Waals surface area contributed by atoms with E-state index in [2.05, 4.69) is 42.7 Å². The number of anilines is 1. The number of unbranched alkanes of at least 4 members (excludes halogenated alkanes) is 1. The maximum absolute atomic E-state index is 9.75. The summed E-state index contributed by atoms with van der Waals surface area (Å²) in [5.74, 6) is 0. The second-order valence-corrected chi connectivity index (χ2v) is 5.98. The number of hydrogen-bond acceptors (Lipinski definition) is 2. The van der Waals surface area contributed by atoms with Crippen molar-refractivity contribution < 1.29 is 0 Å². The van der Waals surface area contributed by atoms with Crippen molar-refractivity contribution in [2.75, 3.05) is 5.73 Å². The minimum absolute atomic E-state index is 0.735. The van der Waals surface area contributed by atoms with Gasteiger partial charge in [0.1, 0.15) is 6.07 Å². The fourth-order valence-electron chi connectivity index (χ4n) is 3.06. The summed E-state index contributed by atoms with van der Waals surface area (Å²) in [6.07, 6.45) is 2.21. The maximum Gasteiger partial charge on any atom is 0.102 e. The second kappa shape index (κ2) is 6.18. The first-order valence-electron chi connectivity index (χ1n) is 8.04. The van der Waals surface area contributed by atoms with E-state index in [4.69, 9.17) is 5.73 Å². The molecule has 0 fully saturated rings. The first kappa shape index (κ1) is 15.2. The Morgan fingerprint density at radius 3 is 2.52 bits per heavy atom. The summed E-state index contributed by atoms with van der Waals surface area (Å²) >= 11 is 0. The van der Waals surface area contributed by atoms with Crippen LogP contribution < -0.4 is 5.73 Å². The van der Waals surface area contributed by atoms with E-state index in [0.29, 0.717) is 0 Å². The van der Waals surface area contributed by atoms with Crippen molar-refractivity contribution in [3.63, 3.8) is 0 Å². The average molecular weight is 303 g/mol. The van der Waals surface area contributed by atoms with Gasteiger partial charge in [0.05, 0.1) is 16.8 Å². The van der Waals surface area contributed by atoms with E-state index in [9.17, 15) is 5.26 Å². The van der Waals surface area contributed by atoms with Gasteiger partial charge in [-0.15, -0.1) is 0 Å². The summed E-state index contributed by atoms with van der Waals surface area (Å²) in [6, 6.07) is 16.5. The van der Waals surface area contributed by atoms with Gasteiger partial charge in [-0.3, -0.25) is 0 Å². The highest BCUT2D eigenvalue weighted by Crippen LogP contribution is 2.34. The van der Waals surface area contributed by atoms with Gasteiger partial charge in [0.15, 0.2) is 0 Å². The summed E-state index contributed by atoms with van der Waals surface area (Å²) in [4.78, 5) is 0. The first-order valence-corrected chi connectivity index (χ1v) is 8.04. The van der Waals surface area contributed by atoms with Gasteiger partial charge in [-0.05, 0) is 42.7 Å². The fraction of sp³-hybridized carbons (Fsp3) is 0.250. The number of rotatable bonds is 4. The smallest absolute Gasteiger partial charge is 0.102 e. The van der Waals surface area contributed by atoms with E-state index in [0.717, 1.165) is 52.8 Å². The standard InChI is InChI=1S/C20H21N3/c1-3-4-11-23-19-12-14(2)5-10-17(19)18(13-21)20(23)15-6-8-16(22)9-7-15/h5-10,12H,3-4,11,22H2,1-2H3. The number of aryl methyl sites for hydroxylation is 2. The highest BCUT2D eigenvalue weighted by atomic mass is 15.0. The van der Waals surface area contributed by atoms with Gasteiger partial charge in [-0.2, -0.15) is 5.26 Å². The molecule has 2 aromatic carbocycles. The Morgan fingerprint density at radius 1 is 1.13 bits per heavy atom. The molecule has 0 bridgehead atoms. The van der Waals surface area contributed by atoms with Crippen molar-refractivity contribution >= 4 is 16.6 Å². The fourth-order valence-corrected chi connectivity index (χ4v) is 3.06. The maximum atomic E-state index is 9.75. The lowest BCUT2D eigenvalue weighted by molar-refractivity contribution is 0.654. The van der Waals surface area contributed by atoms with Crippen LogP contribution in [0.25, 0.3) is 22.2 Å². The third kappa shape index (κ3) is 2.68. The minimum atomic E-state index is 0.735. The molecule has 0 atom stereocenters. The molecule has 0 saturated heterocycles. The molecule has 0 amide bonds.